The first-order valence-electron chi connectivity index (χ1n) is 26.4. The summed E-state index contributed by atoms with van der Waals surface area (Å²) in [5.41, 5.74) is 21.1. The molecule has 0 N–H and O–H groups in total. The quantitative estimate of drug-likeness (QED) is 0.101. The van der Waals surface area contributed by atoms with Gasteiger partial charge >= 0.3 is 0 Å². The van der Waals surface area contributed by atoms with Crippen LogP contribution in [-0.2, 0) is 0 Å². The highest BCUT2D eigenvalue weighted by Gasteiger charge is 2.21. The van der Waals surface area contributed by atoms with E-state index in [1.54, 1.807) is 0 Å². The van der Waals surface area contributed by atoms with Crippen molar-refractivity contribution in [3.8, 4) is 22.3 Å². The SMILES string of the molecule is C1=CC(N(c2ccc(C3=CC=C(N(c4ccccc4)c4ccc(-c5ccc(N(c6ccccc6)c6ccccc6)cc5)cc4)CC3)cc2)c2ccc(-c3ccc(N(c4ccccc4)c4ccccc4)cc3)cc2)=CCC1. The zero-order chi connectivity index (χ0) is 50.9. The van der Waals surface area contributed by atoms with Crippen LogP contribution in [0.15, 0.2) is 315 Å². The lowest BCUT2D eigenvalue weighted by Crippen LogP contribution is -2.18. The van der Waals surface area contributed by atoms with E-state index in [1.807, 2.05) is 0 Å². The van der Waals surface area contributed by atoms with E-state index in [1.165, 1.54) is 44.8 Å². The third-order valence-corrected chi connectivity index (χ3v) is 14.4. The Kier molecular flexibility index (Phi) is 13.9. The van der Waals surface area contributed by atoms with Gasteiger partial charge in [0.1, 0.15) is 0 Å². The van der Waals surface area contributed by atoms with E-state index >= 15 is 0 Å². The maximum absolute atomic E-state index is 2.41. The first kappa shape index (κ1) is 47.4. The molecular formula is C72H58N4. The van der Waals surface area contributed by atoms with E-state index in [0.29, 0.717) is 0 Å². The molecule has 0 aliphatic heterocycles. The largest absolute Gasteiger partial charge is 0.314 e. The molecule has 0 fully saturated rings. The molecule has 0 heterocycles. The van der Waals surface area contributed by atoms with Crippen molar-refractivity contribution in [2.75, 3.05) is 19.6 Å². The topological polar surface area (TPSA) is 13.0 Å². The Morgan fingerprint density at radius 3 is 0.855 bits per heavy atom. The highest BCUT2D eigenvalue weighted by atomic mass is 15.2. The molecule has 0 radical (unpaired) electrons. The summed E-state index contributed by atoms with van der Waals surface area (Å²) < 4.78 is 0. The third kappa shape index (κ3) is 10.3. The van der Waals surface area contributed by atoms with Crippen LogP contribution in [0.4, 0.5) is 56.9 Å². The van der Waals surface area contributed by atoms with Gasteiger partial charge in [0.15, 0.2) is 0 Å². The number of hydrogen-bond acceptors (Lipinski definition) is 4. The minimum atomic E-state index is 0.919. The smallest absolute Gasteiger partial charge is 0.0462 e. The highest BCUT2D eigenvalue weighted by molar-refractivity contribution is 5.82. The first-order valence-corrected chi connectivity index (χ1v) is 26.4. The van der Waals surface area contributed by atoms with E-state index in [2.05, 4.69) is 323 Å². The van der Waals surface area contributed by atoms with Crippen LogP contribution in [0.25, 0.3) is 27.8 Å². The predicted molar refractivity (Wildman–Crippen MR) is 322 cm³/mol. The van der Waals surface area contributed by atoms with Crippen LogP contribution in [-0.4, -0.2) is 0 Å². The lowest BCUT2D eigenvalue weighted by atomic mass is 9.94. The van der Waals surface area contributed by atoms with Gasteiger partial charge in [0, 0.05) is 68.3 Å². The molecule has 0 saturated carbocycles. The number of anilines is 10. The van der Waals surface area contributed by atoms with E-state index in [0.717, 1.165) is 82.6 Å². The lowest BCUT2D eigenvalue weighted by Gasteiger charge is -2.30. The lowest BCUT2D eigenvalue weighted by molar-refractivity contribution is 0.930. The number of para-hydroxylation sites is 5. The average Bonchev–Trinajstić information content (AvgIpc) is 3.51. The zero-order valence-electron chi connectivity index (χ0n) is 42.5. The summed E-state index contributed by atoms with van der Waals surface area (Å²) in [6, 6.07) is 98.0. The third-order valence-electron chi connectivity index (χ3n) is 14.4. The molecule has 0 aromatic heterocycles. The van der Waals surface area contributed by atoms with Crippen LogP contribution in [0.2, 0.25) is 0 Å². The van der Waals surface area contributed by atoms with Gasteiger partial charge in [-0.05, 0) is 193 Å². The van der Waals surface area contributed by atoms with Crippen molar-refractivity contribution in [3.63, 3.8) is 0 Å². The van der Waals surface area contributed by atoms with Gasteiger partial charge in [0.2, 0.25) is 0 Å². The molecule has 2 aliphatic rings. The number of rotatable bonds is 15. The summed E-state index contributed by atoms with van der Waals surface area (Å²) in [5.74, 6) is 0. The Bertz CT molecular complexity index is 3550. The summed E-state index contributed by atoms with van der Waals surface area (Å²) in [6.45, 7) is 0. The Hall–Kier alpha value is -9.64. The van der Waals surface area contributed by atoms with Crippen molar-refractivity contribution in [3.05, 3.63) is 320 Å². The van der Waals surface area contributed by atoms with Crippen LogP contribution in [0.5, 0.6) is 0 Å². The Balaban J connectivity index is 0.768. The Morgan fingerprint density at radius 1 is 0.237 bits per heavy atom. The van der Waals surface area contributed by atoms with Gasteiger partial charge in [-0.2, -0.15) is 0 Å². The summed E-state index contributed by atoms with van der Waals surface area (Å²) in [7, 11) is 0. The molecule has 0 unspecified atom stereocenters. The summed E-state index contributed by atoms with van der Waals surface area (Å²) in [6.07, 6.45) is 15.5. The predicted octanol–water partition coefficient (Wildman–Crippen LogP) is 20.2. The minimum Gasteiger partial charge on any atom is -0.314 e. The van der Waals surface area contributed by atoms with E-state index in [4.69, 9.17) is 0 Å². The molecule has 0 amide bonds. The number of allylic oxidation sites excluding steroid dienone is 7. The fourth-order valence-electron chi connectivity index (χ4n) is 10.6. The highest BCUT2D eigenvalue weighted by Crippen LogP contribution is 2.41. The van der Waals surface area contributed by atoms with E-state index in [9.17, 15) is 0 Å². The van der Waals surface area contributed by atoms with Crippen molar-refractivity contribution < 1.29 is 0 Å². The molecule has 366 valence electrons. The zero-order valence-corrected chi connectivity index (χ0v) is 42.5. The molecule has 2 aliphatic carbocycles. The van der Waals surface area contributed by atoms with Gasteiger partial charge in [-0.3, -0.25) is 0 Å². The summed E-state index contributed by atoms with van der Waals surface area (Å²) >= 11 is 0. The van der Waals surface area contributed by atoms with Crippen molar-refractivity contribution in [2.24, 2.45) is 0 Å². The van der Waals surface area contributed by atoms with Gasteiger partial charge in [0.25, 0.3) is 0 Å². The van der Waals surface area contributed by atoms with Crippen molar-refractivity contribution in [2.45, 2.75) is 25.7 Å². The van der Waals surface area contributed by atoms with Crippen molar-refractivity contribution in [1.82, 2.24) is 0 Å². The Morgan fingerprint density at radius 2 is 0.539 bits per heavy atom. The average molecular weight is 979 g/mol. The number of benzene rings is 10. The molecule has 4 heteroatoms. The van der Waals surface area contributed by atoms with Crippen LogP contribution >= 0.6 is 0 Å². The molecule has 4 nitrogen and oxygen atoms in total. The van der Waals surface area contributed by atoms with Crippen LogP contribution in [0.3, 0.4) is 0 Å². The monoisotopic (exact) mass is 978 g/mol. The second-order valence-corrected chi connectivity index (χ2v) is 19.2. The van der Waals surface area contributed by atoms with Gasteiger partial charge in [-0.15, -0.1) is 0 Å². The van der Waals surface area contributed by atoms with E-state index < -0.39 is 0 Å². The molecule has 12 rings (SSSR count). The van der Waals surface area contributed by atoms with Crippen LogP contribution in [0.1, 0.15) is 31.2 Å². The molecule has 76 heavy (non-hydrogen) atoms. The molecule has 0 bridgehead atoms. The number of nitrogens with zero attached hydrogens (tertiary/aromatic N) is 4. The molecule has 10 aromatic carbocycles. The van der Waals surface area contributed by atoms with Gasteiger partial charge in [-0.1, -0.05) is 170 Å². The van der Waals surface area contributed by atoms with Gasteiger partial charge < -0.3 is 19.6 Å². The normalized spacial score (nSPS) is 13.0. The van der Waals surface area contributed by atoms with Crippen LogP contribution in [0, 0.1) is 0 Å². The molecule has 10 aromatic rings. The maximum atomic E-state index is 2.41. The van der Waals surface area contributed by atoms with E-state index in [-0.39, 0.29) is 0 Å². The fraction of sp³-hybridized carbons (Fsp3) is 0.0556. The number of hydrogen-bond donors (Lipinski definition) is 0. The first-order chi connectivity index (χ1) is 37.7. The maximum Gasteiger partial charge on any atom is 0.0462 e. The Labute approximate surface area is 448 Å². The van der Waals surface area contributed by atoms with Crippen molar-refractivity contribution >= 4 is 62.4 Å². The fourth-order valence-corrected chi connectivity index (χ4v) is 10.6. The summed E-state index contributed by atoms with van der Waals surface area (Å²) in [4.78, 5) is 9.40. The molecule has 0 saturated heterocycles. The molecule has 0 spiro atoms. The van der Waals surface area contributed by atoms with Crippen LogP contribution < -0.4 is 19.6 Å². The van der Waals surface area contributed by atoms with Gasteiger partial charge in [-0.25, -0.2) is 0 Å². The van der Waals surface area contributed by atoms with Gasteiger partial charge in [0.05, 0.1) is 0 Å². The second kappa shape index (κ2) is 22.2. The summed E-state index contributed by atoms with van der Waals surface area (Å²) in [5, 5.41) is 0. The molecular weight excluding hydrogens is 921 g/mol. The standard InChI is InChI=1S/C72H58N4/c1-7-19-61(20-8-1)73(62-21-9-2-10-22-62)67-43-31-55(32-44-67)57-35-47-69(48-36-57)75(65-27-15-5-16-28-65)71-51-39-59(40-52-71)60-41-53-72(54-42-60)76(66-29-17-6-18-30-66)70-49-37-58(38-50-70)56-33-45-68(46-34-56)74(63-23-11-3-12-24-63)64-25-13-4-14-26-64/h1-5,7-17,19-39,41-51,53-54H,6,18,40,52H2. The van der Waals surface area contributed by atoms with Crippen molar-refractivity contribution in [1.29, 1.82) is 0 Å². The second-order valence-electron chi connectivity index (χ2n) is 19.2. The minimum absolute atomic E-state index is 0.919. The molecule has 0 atom stereocenters.